The summed E-state index contributed by atoms with van der Waals surface area (Å²) in [5.41, 5.74) is 5.11. The number of primary amides is 1. The van der Waals surface area contributed by atoms with Gasteiger partial charge in [-0.2, -0.15) is 0 Å². The highest BCUT2D eigenvalue weighted by atomic mass is 19.1. The van der Waals surface area contributed by atoms with Crippen molar-refractivity contribution in [2.75, 3.05) is 6.54 Å². The maximum absolute atomic E-state index is 13.4. The fourth-order valence-electron chi connectivity index (χ4n) is 4.51. The van der Waals surface area contributed by atoms with E-state index in [1.165, 1.54) is 31.4 Å². The Morgan fingerprint density at radius 2 is 1.96 bits per heavy atom. The fourth-order valence-corrected chi connectivity index (χ4v) is 4.51. The molecule has 2 aliphatic rings. The Labute approximate surface area is 160 Å². The van der Waals surface area contributed by atoms with Gasteiger partial charge < -0.3 is 15.4 Å². The van der Waals surface area contributed by atoms with E-state index in [4.69, 9.17) is 10.5 Å². The Bertz CT molecular complexity index is 673. The number of hydrogen-bond acceptors (Lipinski definition) is 3. The third-order valence-corrected chi connectivity index (χ3v) is 6.24. The summed E-state index contributed by atoms with van der Waals surface area (Å²) in [6.07, 6.45) is 6.64. The van der Waals surface area contributed by atoms with Gasteiger partial charge in [-0.15, -0.1) is 0 Å². The van der Waals surface area contributed by atoms with Crippen molar-refractivity contribution < 1.29 is 18.7 Å². The van der Waals surface area contributed by atoms with Crippen molar-refractivity contribution in [1.29, 1.82) is 0 Å². The van der Waals surface area contributed by atoms with Gasteiger partial charge >= 0.3 is 6.09 Å². The van der Waals surface area contributed by atoms with Gasteiger partial charge in [0.15, 0.2) is 0 Å². The predicted octanol–water partition coefficient (Wildman–Crippen LogP) is 4.10. The van der Waals surface area contributed by atoms with Crippen molar-refractivity contribution in [2.45, 2.75) is 69.9 Å². The highest BCUT2D eigenvalue weighted by Crippen LogP contribution is 2.40. The summed E-state index contributed by atoms with van der Waals surface area (Å²) in [6.45, 7) is 2.66. The van der Waals surface area contributed by atoms with Crippen LogP contribution in [0.3, 0.4) is 0 Å². The molecule has 1 aromatic rings. The second-order valence-corrected chi connectivity index (χ2v) is 7.92. The molecule has 0 radical (unpaired) electrons. The van der Waals surface area contributed by atoms with Gasteiger partial charge in [-0.25, -0.2) is 9.18 Å². The van der Waals surface area contributed by atoms with Crippen molar-refractivity contribution in [2.24, 2.45) is 11.7 Å². The lowest BCUT2D eigenvalue weighted by atomic mass is 9.82. The van der Waals surface area contributed by atoms with Gasteiger partial charge in [0.25, 0.3) is 0 Å². The molecule has 1 aliphatic heterocycles. The first-order chi connectivity index (χ1) is 12.9. The summed E-state index contributed by atoms with van der Waals surface area (Å²) >= 11 is 0. The van der Waals surface area contributed by atoms with Crippen LogP contribution in [0.1, 0.15) is 63.9 Å². The van der Waals surface area contributed by atoms with Crippen LogP contribution < -0.4 is 5.73 Å². The van der Waals surface area contributed by atoms with Crippen molar-refractivity contribution in [1.82, 2.24) is 4.90 Å². The second kappa shape index (κ2) is 8.28. The maximum atomic E-state index is 13.4. The minimum Gasteiger partial charge on any atom is -0.438 e. The summed E-state index contributed by atoms with van der Waals surface area (Å²) in [6, 6.07) is 6.10. The van der Waals surface area contributed by atoms with Crippen molar-refractivity contribution >= 4 is 12.0 Å². The van der Waals surface area contributed by atoms with Crippen LogP contribution in [0.4, 0.5) is 9.18 Å². The number of carbonyl (C=O) groups excluding carboxylic acids is 2. The second-order valence-electron chi connectivity index (χ2n) is 7.92. The molecule has 5 nitrogen and oxygen atoms in total. The van der Waals surface area contributed by atoms with Crippen molar-refractivity contribution in [3.05, 3.63) is 35.6 Å². The Morgan fingerprint density at radius 1 is 1.30 bits per heavy atom. The Kier molecular flexibility index (Phi) is 6.02. The van der Waals surface area contributed by atoms with Crippen LogP contribution in [-0.2, 0) is 15.1 Å². The standard InChI is InChI=1S/C21H29FN2O3/c1-15(16-5-3-2-4-6-16)24-14-13-21(27-20(24)26,12-11-19(23)25)17-7-9-18(22)10-8-17/h7-10,15-16H,2-6,11-14H2,1H3,(H2,23,25)/t15-,21+/m0/s1. The molecule has 2 atom stereocenters. The summed E-state index contributed by atoms with van der Waals surface area (Å²) in [5, 5.41) is 0. The van der Waals surface area contributed by atoms with E-state index < -0.39 is 11.5 Å². The molecule has 0 spiro atoms. The number of nitrogens with two attached hydrogens (primary N) is 1. The van der Waals surface area contributed by atoms with Gasteiger partial charge in [-0.1, -0.05) is 31.4 Å². The van der Waals surface area contributed by atoms with E-state index in [0.29, 0.717) is 30.9 Å². The number of cyclic esters (lactones) is 1. The molecular formula is C21H29FN2O3. The van der Waals surface area contributed by atoms with Crippen LogP contribution >= 0.6 is 0 Å². The SMILES string of the molecule is C[C@@H](C1CCCCC1)N1CC[C@](CCC(N)=O)(c2ccc(F)cc2)OC1=O. The number of ether oxygens (including phenoxy) is 1. The van der Waals surface area contributed by atoms with E-state index in [9.17, 15) is 14.0 Å². The predicted molar refractivity (Wildman–Crippen MR) is 100 cm³/mol. The molecule has 0 bridgehead atoms. The molecule has 1 aliphatic carbocycles. The Morgan fingerprint density at radius 3 is 2.56 bits per heavy atom. The molecule has 0 aromatic heterocycles. The van der Waals surface area contributed by atoms with E-state index >= 15 is 0 Å². The highest BCUT2D eigenvalue weighted by Gasteiger charge is 2.44. The summed E-state index contributed by atoms with van der Waals surface area (Å²) in [4.78, 5) is 26.1. The van der Waals surface area contributed by atoms with Crippen LogP contribution in [0.5, 0.6) is 0 Å². The van der Waals surface area contributed by atoms with Gasteiger partial charge in [0.2, 0.25) is 5.91 Å². The Balaban J connectivity index is 1.77. The average Bonchev–Trinajstić information content (AvgIpc) is 2.67. The maximum Gasteiger partial charge on any atom is 0.410 e. The monoisotopic (exact) mass is 376 g/mol. The molecule has 2 N–H and O–H groups in total. The number of halogens is 1. The lowest BCUT2D eigenvalue weighted by Crippen LogP contribution is -2.53. The van der Waals surface area contributed by atoms with E-state index in [2.05, 4.69) is 6.92 Å². The summed E-state index contributed by atoms with van der Waals surface area (Å²) in [5.74, 6) is -0.278. The van der Waals surface area contributed by atoms with E-state index in [-0.39, 0.29) is 24.4 Å². The number of rotatable bonds is 6. The number of carbonyl (C=O) groups is 2. The number of benzene rings is 1. The first-order valence-electron chi connectivity index (χ1n) is 9.95. The molecule has 27 heavy (non-hydrogen) atoms. The minimum absolute atomic E-state index is 0.114. The molecule has 1 saturated heterocycles. The van der Waals surface area contributed by atoms with Crippen molar-refractivity contribution in [3.63, 3.8) is 0 Å². The topological polar surface area (TPSA) is 72.6 Å². The number of hydrogen-bond donors (Lipinski definition) is 1. The number of amides is 2. The molecule has 3 rings (SSSR count). The van der Waals surface area contributed by atoms with Crippen LogP contribution in [0.15, 0.2) is 24.3 Å². The van der Waals surface area contributed by atoms with Crippen LogP contribution in [0.2, 0.25) is 0 Å². The van der Waals surface area contributed by atoms with Gasteiger partial charge in [0.1, 0.15) is 11.4 Å². The zero-order valence-electron chi connectivity index (χ0n) is 16.0. The van der Waals surface area contributed by atoms with E-state index in [1.54, 1.807) is 12.1 Å². The molecule has 1 aromatic carbocycles. The highest BCUT2D eigenvalue weighted by molar-refractivity contribution is 5.74. The first kappa shape index (κ1) is 19.6. The molecule has 6 heteroatoms. The minimum atomic E-state index is -0.928. The third kappa shape index (κ3) is 4.42. The largest absolute Gasteiger partial charge is 0.438 e. The molecule has 2 fully saturated rings. The smallest absolute Gasteiger partial charge is 0.410 e. The van der Waals surface area contributed by atoms with Gasteiger partial charge in [-0.05, 0) is 43.4 Å². The lowest BCUT2D eigenvalue weighted by molar-refractivity contribution is -0.121. The fraction of sp³-hybridized carbons (Fsp3) is 0.619. The molecular weight excluding hydrogens is 347 g/mol. The molecule has 1 saturated carbocycles. The van der Waals surface area contributed by atoms with Gasteiger partial charge in [0, 0.05) is 31.8 Å². The zero-order valence-corrected chi connectivity index (χ0v) is 16.0. The van der Waals surface area contributed by atoms with Gasteiger partial charge in [0.05, 0.1) is 0 Å². The molecule has 2 amide bonds. The summed E-state index contributed by atoms with van der Waals surface area (Å²) < 4.78 is 19.3. The molecule has 0 unspecified atom stereocenters. The summed E-state index contributed by atoms with van der Waals surface area (Å²) in [7, 11) is 0. The normalized spacial score (nSPS) is 25.1. The zero-order chi connectivity index (χ0) is 19.4. The van der Waals surface area contributed by atoms with Gasteiger partial charge in [-0.3, -0.25) is 4.79 Å². The first-order valence-corrected chi connectivity index (χ1v) is 9.95. The lowest BCUT2D eigenvalue weighted by Gasteiger charge is -2.45. The van der Waals surface area contributed by atoms with E-state index in [1.807, 2.05) is 4.90 Å². The molecule has 1 heterocycles. The van der Waals surface area contributed by atoms with E-state index in [0.717, 1.165) is 12.8 Å². The average molecular weight is 376 g/mol. The van der Waals surface area contributed by atoms with Crippen LogP contribution in [-0.4, -0.2) is 29.5 Å². The van der Waals surface area contributed by atoms with Crippen LogP contribution in [0.25, 0.3) is 0 Å². The Hall–Kier alpha value is -2.11. The van der Waals surface area contributed by atoms with Crippen molar-refractivity contribution in [3.8, 4) is 0 Å². The van der Waals surface area contributed by atoms with Crippen LogP contribution in [0, 0.1) is 11.7 Å². The molecule has 148 valence electrons. The quantitative estimate of drug-likeness (QED) is 0.812. The number of nitrogens with zero attached hydrogens (tertiary/aromatic N) is 1. The third-order valence-electron chi connectivity index (χ3n) is 6.24.